The summed E-state index contributed by atoms with van der Waals surface area (Å²) in [5, 5.41) is 6.00. The van der Waals surface area contributed by atoms with Crippen LogP contribution in [0.25, 0.3) is 0 Å². The van der Waals surface area contributed by atoms with Gasteiger partial charge in [0.2, 0.25) is 11.8 Å². The average molecular weight is 310 g/mol. The molecule has 1 aliphatic heterocycles. The number of piperidine rings is 1. The lowest BCUT2D eigenvalue weighted by Gasteiger charge is -2.32. The molecule has 6 nitrogen and oxygen atoms in total. The highest BCUT2D eigenvalue weighted by Crippen LogP contribution is 2.18. The fourth-order valence-corrected chi connectivity index (χ4v) is 3.48. The van der Waals surface area contributed by atoms with E-state index in [4.69, 9.17) is 5.73 Å². The number of nitrogens with zero attached hydrogens (tertiary/aromatic N) is 1. The molecule has 2 rings (SSSR count). The van der Waals surface area contributed by atoms with Crippen LogP contribution in [0.3, 0.4) is 0 Å². The third-order valence-corrected chi connectivity index (χ3v) is 4.66. The summed E-state index contributed by atoms with van der Waals surface area (Å²) in [5.74, 6) is 0.167. The van der Waals surface area contributed by atoms with Gasteiger partial charge in [0.1, 0.15) is 0 Å². The smallest absolute Gasteiger partial charge is 0.234 e. The molecule has 2 fully saturated rings. The number of carbonyl (C=O) groups excluding carboxylic acids is 2. The van der Waals surface area contributed by atoms with E-state index in [1.807, 2.05) is 0 Å². The third kappa shape index (κ3) is 5.57. The van der Waals surface area contributed by atoms with Crippen molar-refractivity contribution in [2.75, 3.05) is 32.7 Å². The Morgan fingerprint density at radius 3 is 2.59 bits per heavy atom. The van der Waals surface area contributed by atoms with E-state index in [0.29, 0.717) is 32.2 Å². The summed E-state index contributed by atoms with van der Waals surface area (Å²) >= 11 is 0. The number of hydrogen-bond acceptors (Lipinski definition) is 4. The van der Waals surface area contributed by atoms with Crippen LogP contribution in [0.5, 0.6) is 0 Å². The lowest BCUT2D eigenvalue weighted by molar-refractivity contribution is -0.129. The number of carbonyl (C=O) groups is 2. The van der Waals surface area contributed by atoms with Gasteiger partial charge in [-0.1, -0.05) is 19.3 Å². The van der Waals surface area contributed by atoms with Gasteiger partial charge in [-0.2, -0.15) is 0 Å². The minimum absolute atomic E-state index is 0.0113. The Balaban J connectivity index is 1.72. The molecule has 1 heterocycles. The van der Waals surface area contributed by atoms with Crippen LogP contribution >= 0.6 is 0 Å². The highest BCUT2D eigenvalue weighted by Gasteiger charge is 2.27. The van der Waals surface area contributed by atoms with E-state index >= 15 is 0 Å². The predicted octanol–water partition coefficient (Wildman–Crippen LogP) is 0.222. The van der Waals surface area contributed by atoms with Crippen molar-refractivity contribution < 1.29 is 9.59 Å². The first-order chi connectivity index (χ1) is 10.7. The number of hydrogen-bond donors (Lipinski definition) is 3. The molecule has 1 unspecified atom stereocenters. The summed E-state index contributed by atoms with van der Waals surface area (Å²) in [7, 11) is 0. The minimum atomic E-state index is -0.0113. The first kappa shape index (κ1) is 17.2. The van der Waals surface area contributed by atoms with Crippen molar-refractivity contribution in [2.45, 2.75) is 51.0 Å². The van der Waals surface area contributed by atoms with Gasteiger partial charge >= 0.3 is 0 Å². The molecule has 22 heavy (non-hydrogen) atoms. The van der Waals surface area contributed by atoms with Crippen molar-refractivity contribution in [1.82, 2.24) is 15.5 Å². The van der Waals surface area contributed by atoms with Gasteiger partial charge < -0.3 is 16.4 Å². The highest BCUT2D eigenvalue weighted by atomic mass is 16.2. The monoisotopic (exact) mass is 310 g/mol. The van der Waals surface area contributed by atoms with Crippen LogP contribution in [0, 0.1) is 5.92 Å². The van der Waals surface area contributed by atoms with Gasteiger partial charge in [-0.3, -0.25) is 14.5 Å². The summed E-state index contributed by atoms with van der Waals surface area (Å²) < 4.78 is 0. The van der Waals surface area contributed by atoms with Gasteiger partial charge in [-0.15, -0.1) is 0 Å². The molecule has 0 spiro atoms. The lowest BCUT2D eigenvalue weighted by atomic mass is 9.95. The zero-order valence-electron chi connectivity index (χ0n) is 13.5. The Bertz CT molecular complexity index is 369. The summed E-state index contributed by atoms with van der Waals surface area (Å²) in [5.41, 5.74) is 5.41. The quantitative estimate of drug-likeness (QED) is 0.655. The molecule has 6 heteroatoms. The maximum Gasteiger partial charge on any atom is 0.234 e. The number of rotatable bonds is 6. The topological polar surface area (TPSA) is 87.5 Å². The molecule has 0 bridgehead atoms. The number of likely N-dealkylation sites (tertiary alicyclic amines) is 1. The van der Waals surface area contributed by atoms with E-state index in [0.717, 1.165) is 32.2 Å². The predicted molar refractivity (Wildman–Crippen MR) is 86.2 cm³/mol. The van der Waals surface area contributed by atoms with Gasteiger partial charge in [-0.05, 0) is 32.2 Å². The second-order valence-electron chi connectivity index (χ2n) is 6.56. The van der Waals surface area contributed by atoms with E-state index in [1.54, 1.807) is 0 Å². The first-order valence-corrected chi connectivity index (χ1v) is 8.68. The molecule has 2 aliphatic rings. The Morgan fingerprint density at radius 2 is 1.86 bits per heavy atom. The average Bonchev–Trinajstić information content (AvgIpc) is 2.53. The molecular weight excluding hydrogens is 280 g/mol. The zero-order valence-corrected chi connectivity index (χ0v) is 13.5. The first-order valence-electron chi connectivity index (χ1n) is 8.68. The largest absolute Gasteiger partial charge is 0.355 e. The molecular formula is C16H30N4O2. The van der Waals surface area contributed by atoms with Gasteiger partial charge in [0.05, 0.1) is 12.5 Å². The molecule has 1 saturated carbocycles. The molecule has 0 aromatic carbocycles. The third-order valence-electron chi connectivity index (χ3n) is 4.66. The van der Waals surface area contributed by atoms with Crippen molar-refractivity contribution >= 4 is 11.8 Å². The Hall–Kier alpha value is -1.14. The van der Waals surface area contributed by atoms with E-state index in [1.165, 1.54) is 19.3 Å². The Labute approximate surface area is 133 Å². The Morgan fingerprint density at radius 1 is 1.09 bits per heavy atom. The number of amides is 2. The van der Waals surface area contributed by atoms with Crippen LogP contribution in [0.15, 0.2) is 0 Å². The number of nitrogens with one attached hydrogen (secondary N) is 2. The molecule has 1 aliphatic carbocycles. The summed E-state index contributed by atoms with van der Waals surface area (Å²) in [4.78, 5) is 26.3. The van der Waals surface area contributed by atoms with Crippen LogP contribution in [0.1, 0.15) is 44.9 Å². The zero-order chi connectivity index (χ0) is 15.8. The summed E-state index contributed by atoms with van der Waals surface area (Å²) in [6.07, 6.45) is 7.81. The molecule has 0 radical (unpaired) electrons. The highest BCUT2D eigenvalue weighted by molar-refractivity contribution is 5.80. The van der Waals surface area contributed by atoms with Gasteiger partial charge in [0.25, 0.3) is 0 Å². The van der Waals surface area contributed by atoms with Crippen molar-refractivity contribution in [3.8, 4) is 0 Å². The normalized spacial score (nSPS) is 24.0. The standard InChI is InChI=1S/C16H30N4O2/c17-8-9-18-16(22)13-5-4-10-20(11-13)12-15(21)19-14-6-2-1-3-7-14/h13-14H,1-12,17H2,(H,18,22)(H,19,21). The van der Waals surface area contributed by atoms with Crippen LogP contribution in [-0.4, -0.2) is 55.5 Å². The van der Waals surface area contributed by atoms with E-state index in [-0.39, 0.29) is 17.7 Å². The lowest BCUT2D eigenvalue weighted by Crippen LogP contribution is -2.48. The fraction of sp³-hybridized carbons (Fsp3) is 0.875. The van der Waals surface area contributed by atoms with Crippen molar-refractivity contribution in [1.29, 1.82) is 0 Å². The van der Waals surface area contributed by atoms with Crippen LogP contribution in [0.4, 0.5) is 0 Å². The second-order valence-corrected chi connectivity index (χ2v) is 6.56. The summed E-state index contributed by atoms with van der Waals surface area (Å²) in [6, 6.07) is 0.356. The molecule has 126 valence electrons. The Kier molecular flexibility index (Phi) is 7.12. The molecule has 2 amide bonds. The summed E-state index contributed by atoms with van der Waals surface area (Å²) in [6.45, 7) is 2.98. The number of nitrogens with two attached hydrogens (primary N) is 1. The van der Waals surface area contributed by atoms with E-state index in [9.17, 15) is 9.59 Å². The molecule has 1 saturated heterocycles. The van der Waals surface area contributed by atoms with E-state index in [2.05, 4.69) is 15.5 Å². The second kappa shape index (κ2) is 9.10. The molecule has 0 aromatic heterocycles. The van der Waals surface area contributed by atoms with Crippen LogP contribution < -0.4 is 16.4 Å². The van der Waals surface area contributed by atoms with Gasteiger partial charge in [0, 0.05) is 25.7 Å². The maximum absolute atomic E-state index is 12.2. The van der Waals surface area contributed by atoms with E-state index < -0.39 is 0 Å². The van der Waals surface area contributed by atoms with Crippen molar-refractivity contribution in [3.05, 3.63) is 0 Å². The van der Waals surface area contributed by atoms with Crippen LogP contribution in [-0.2, 0) is 9.59 Å². The SMILES string of the molecule is NCCNC(=O)C1CCCN(CC(=O)NC2CCCCC2)C1. The molecule has 1 atom stereocenters. The van der Waals surface area contributed by atoms with Crippen LogP contribution in [0.2, 0.25) is 0 Å². The molecule has 0 aromatic rings. The molecule has 4 N–H and O–H groups in total. The fourth-order valence-electron chi connectivity index (χ4n) is 3.48. The van der Waals surface area contributed by atoms with Crippen molar-refractivity contribution in [2.24, 2.45) is 11.7 Å². The van der Waals surface area contributed by atoms with Gasteiger partial charge in [-0.25, -0.2) is 0 Å². The van der Waals surface area contributed by atoms with Crippen molar-refractivity contribution in [3.63, 3.8) is 0 Å². The minimum Gasteiger partial charge on any atom is -0.355 e. The maximum atomic E-state index is 12.2. The van der Waals surface area contributed by atoms with Gasteiger partial charge in [0.15, 0.2) is 0 Å².